The van der Waals surface area contributed by atoms with Crippen molar-refractivity contribution in [3.63, 3.8) is 0 Å². The van der Waals surface area contributed by atoms with Gasteiger partial charge in [-0.1, -0.05) is 35.5 Å². The highest BCUT2D eigenvalue weighted by Gasteiger charge is 2.12. The van der Waals surface area contributed by atoms with E-state index < -0.39 is 0 Å². The Hall–Kier alpha value is -3.03. The zero-order chi connectivity index (χ0) is 22.6. The number of benzene rings is 1. The highest BCUT2D eigenvalue weighted by atomic mass is 32.1. The zero-order valence-corrected chi connectivity index (χ0v) is 20.1. The molecule has 33 heavy (non-hydrogen) atoms. The molecule has 5 rings (SSSR count). The molecule has 4 aromatic rings. The van der Waals surface area contributed by atoms with Crippen molar-refractivity contribution in [1.82, 2.24) is 19.9 Å². The third kappa shape index (κ3) is 5.49. The van der Waals surface area contributed by atoms with Crippen LogP contribution in [0.2, 0.25) is 0 Å². The van der Waals surface area contributed by atoms with Crippen LogP contribution in [0.1, 0.15) is 36.0 Å². The van der Waals surface area contributed by atoms with Crippen molar-refractivity contribution in [2.75, 3.05) is 30.3 Å². The number of aryl methyl sites for hydroxylation is 2. The summed E-state index contributed by atoms with van der Waals surface area (Å²) in [5.74, 6) is 1.66. The summed E-state index contributed by atoms with van der Waals surface area (Å²) in [6.45, 7) is 7.74. The number of thiazole rings is 1. The van der Waals surface area contributed by atoms with Crippen molar-refractivity contribution in [3.8, 4) is 0 Å². The first-order valence-electron chi connectivity index (χ1n) is 11.7. The average Bonchev–Trinajstić information content (AvgIpc) is 3.23. The van der Waals surface area contributed by atoms with Crippen LogP contribution in [-0.2, 0) is 6.42 Å². The van der Waals surface area contributed by atoms with Gasteiger partial charge in [0, 0.05) is 18.4 Å². The number of hydrogen-bond acceptors (Lipinski definition) is 7. The second-order valence-corrected chi connectivity index (χ2v) is 9.79. The highest BCUT2D eigenvalue weighted by Crippen LogP contribution is 2.31. The quantitative estimate of drug-likeness (QED) is 0.343. The maximum Gasteiger partial charge on any atom is 0.190 e. The van der Waals surface area contributed by atoms with Crippen molar-refractivity contribution in [2.45, 2.75) is 39.5 Å². The normalized spacial score (nSPS) is 14.5. The summed E-state index contributed by atoms with van der Waals surface area (Å²) in [7, 11) is 0. The molecule has 1 aliphatic rings. The smallest absolute Gasteiger partial charge is 0.190 e. The minimum absolute atomic E-state index is 0.814. The van der Waals surface area contributed by atoms with Crippen LogP contribution in [0.5, 0.6) is 0 Å². The maximum absolute atomic E-state index is 4.79. The van der Waals surface area contributed by atoms with Gasteiger partial charge >= 0.3 is 0 Å². The van der Waals surface area contributed by atoms with Gasteiger partial charge in [0.1, 0.15) is 22.0 Å². The molecule has 1 fully saturated rings. The SMILES string of the molecule is Cc1ccc(Nc2cc(C)c3nc(Nc4cc(CCN5CCCCC5)ccn4)sc3n2)cc1. The summed E-state index contributed by atoms with van der Waals surface area (Å²) in [4.78, 5) is 17.6. The van der Waals surface area contributed by atoms with Crippen LogP contribution in [0.3, 0.4) is 0 Å². The second kappa shape index (κ2) is 9.85. The molecule has 170 valence electrons. The Labute approximate surface area is 199 Å². The number of likely N-dealkylation sites (tertiary alicyclic amines) is 1. The fourth-order valence-corrected chi connectivity index (χ4v) is 5.16. The molecule has 7 heteroatoms. The Bertz CT molecular complexity index is 1230. The summed E-state index contributed by atoms with van der Waals surface area (Å²) in [5.41, 5.74) is 5.60. The Kier molecular flexibility index (Phi) is 6.51. The highest BCUT2D eigenvalue weighted by molar-refractivity contribution is 7.21. The van der Waals surface area contributed by atoms with Gasteiger partial charge in [0.15, 0.2) is 5.13 Å². The van der Waals surface area contributed by atoms with E-state index in [0.29, 0.717) is 0 Å². The van der Waals surface area contributed by atoms with E-state index >= 15 is 0 Å². The van der Waals surface area contributed by atoms with Crippen LogP contribution in [0, 0.1) is 13.8 Å². The Morgan fingerprint density at radius 2 is 1.73 bits per heavy atom. The molecular formula is C26H30N6S. The molecule has 1 aliphatic heterocycles. The Morgan fingerprint density at radius 3 is 2.55 bits per heavy atom. The number of nitrogens with one attached hydrogen (secondary N) is 2. The molecule has 1 aromatic carbocycles. The molecule has 6 nitrogen and oxygen atoms in total. The Balaban J connectivity index is 1.29. The van der Waals surface area contributed by atoms with Gasteiger partial charge in [-0.2, -0.15) is 0 Å². The molecule has 0 saturated carbocycles. The molecular weight excluding hydrogens is 428 g/mol. The van der Waals surface area contributed by atoms with Crippen molar-refractivity contribution in [2.24, 2.45) is 0 Å². The maximum atomic E-state index is 4.79. The van der Waals surface area contributed by atoms with Crippen molar-refractivity contribution >= 4 is 44.1 Å². The van der Waals surface area contributed by atoms with E-state index in [1.54, 1.807) is 11.3 Å². The van der Waals surface area contributed by atoms with E-state index in [1.165, 1.54) is 43.5 Å². The predicted octanol–water partition coefficient (Wildman–Crippen LogP) is 6.22. The number of pyridine rings is 2. The molecule has 0 bridgehead atoms. The number of hydrogen-bond donors (Lipinski definition) is 2. The fraction of sp³-hybridized carbons (Fsp3) is 0.346. The lowest BCUT2D eigenvalue weighted by Crippen LogP contribution is -2.31. The molecule has 2 N–H and O–H groups in total. The summed E-state index contributed by atoms with van der Waals surface area (Å²) in [6.07, 6.45) is 6.97. The number of piperidine rings is 1. The first kappa shape index (κ1) is 21.8. The second-order valence-electron chi connectivity index (χ2n) is 8.81. The Morgan fingerprint density at radius 1 is 0.909 bits per heavy atom. The van der Waals surface area contributed by atoms with Crippen molar-refractivity contribution in [1.29, 1.82) is 0 Å². The number of anilines is 4. The van der Waals surface area contributed by atoms with Crippen LogP contribution in [-0.4, -0.2) is 39.5 Å². The third-order valence-electron chi connectivity index (χ3n) is 6.11. The van der Waals surface area contributed by atoms with Gasteiger partial charge in [0.05, 0.1) is 0 Å². The van der Waals surface area contributed by atoms with Gasteiger partial charge in [-0.05, 0) is 87.7 Å². The first-order chi connectivity index (χ1) is 16.1. The van der Waals surface area contributed by atoms with Crippen LogP contribution in [0.25, 0.3) is 10.3 Å². The van der Waals surface area contributed by atoms with Crippen LogP contribution < -0.4 is 10.6 Å². The zero-order valence-electron chi connectivity index (χ0n) is 19.3. The van der Waals surface area contributed by atoms with E-state index in [1.807, 2.05) is 12.3 Å². The number of aromatic nitrogens is 3. The predicted molar refractivity (Wildman–Crippen MR) is 138 cm³/mol. The molecule has 0 amide bonds. The molecule has 0 radical (unpaired) electrons. The summed E-state index contributed by atoms with van der Waals surface area (Å²) in [5, 5.41) is 7.61. The van der Waals surface area contributed by atoms with Crippen LogP contribution in [0.15, 0.2) is 48.7 Å². The van der Waals surface area contributed by atoms with Crippen LogP contribution >= 0.6 is 11.3 Å². The molecule has 1 saturated heterocycles. The minimum Gasteiger partial charge on any atom is -0.340 e. The van der Waals surface area contributed by atoms with E-state index in [-0.39, 0.29) is 0 Å². The average molecular weight is 459 g/mol. The lowest BCUT2D eigenvalue weighted by atomic mass is 10.1. The van der Waals surface area contributed by atoms with E-state index in [2.05, 4.69) is 70.8 Å². The van der Waals surface area contributed by atoms with E-state index in [0.717, 1.165) is 51.3 Å². The van der Waals surface area contributed by atoms with Gasteiger partial charge in [-0.15, -0.1) is 0 Å². The standard InChI is InChI=1S/C26H30N6S/c1-18-6-8-21(9-7-18)28-23-16-19(2)24-25(29-23)33-26(31-24)30-22-17-20(10-12-27-22)11-15-32-13-4-3-5-14-32/h6-10,12,16-17H,3-5,11,13-15H2,1-2H3,(H,28,29)(H,27,30,31). The van der Waals surface area contributed by atoms with E-state index in [4.69, 9.17) is 9.97 Å². The van der Waals surface area contributed by atoms with Gasteiger partial charge in [0.25, 0.3) is 0 Å². The molecule has 0 aliphatic carbocycles. The lowest BCUT2D eigenvalue weighted by molar-refractivity contribution is 0.231. The van der Waals surface area contributed by atoms with Crippen molar-refractivity contribution in [3.05, 3.63) is 65.4 Å². The lowest BCUT2D eigenvalue weighted by Gasteiger charge is -2.26. The van der Waals surface area contributed by atoms with Gasteiger partial charge in [-0.3, -0.25) is 0 Å². The number of fused-ring (bicyclic) bond motifs is 1. The summed E-state index contributed by atoms with van der Waals surface area (Å²) >= 11 is 1.55. The van der Waals surface area contributed by atoms with Gasteiger partial charge in [-0.25, -0.2) is 15.0 Å². The van der Waals surface area contributed by atoms with E-state index in [9.17, 15) is 0 Å². The summed E-state index contributed by atoms with van der Waals surface area (Å²) < 4.78 is 0. The topological polar surface area (TPSA) is 66.0 Å². The van der Waals surface area contributed by atoms with Gasteiger partial charge in [0.2, 0.25) is 0 Å². The third-order valence-corrected chi connectivity index (χ3v) is 6.97. The largest absolute Gasteiger partial charge is 0.340 e. The first-order valence-corrected chi connectivity index (χ1v) is 12.5. The van der Waals surface area contributed by atoms with Gasteiger partial charge < -0.3 is 15.5 Å². The molecule has 4 heterocycles. The molecule has 0 atom stereocenters. The fourth-order valence-electron chi connectivity index (χ4n) is 4.24. The minimum atomic E-state index is 0.814. The number of nitrogens with zero attached hydrogens (tertiary/aromatic N) is 4. The number of rotatable bonds is 7. The molecule has 0 spiro atoms. The van der Waals surface area contributed by atoms with Crippen molar-refractivity contribution < 1.29 is 0 Å². The molecule has 3 aromatic heterocycles. The monoisotopic (exact) mass is 458 g/mol. The van der Waals surface area contributed by atoms with Crippen LogP contribution in [0.4, 0.5) is 22.5 Å². The molecule has 0 unspecified atom stereocenters. The summed E-state index contributed by atoms with van der Waals surface area (Å²) in [6, 6.07) is 14.6.